The predicted octanol–water partition coefficient (Wildman–Crippen LogP) is 4.53. The third kappa shape index (κ3) is 3.83. The van der Waals surface area contributed by atoms with Gasteiger partial charge in [0.05, 0.1) is 5.71 Å². The van der Waals surface area contributed by atoms with E-state index in [1.165, 1.54) is 10.6 Å². The number of benzene rings is 2. The highest BCUT2D eigenvalue weighted by atomic mass is 79.9. The van der Waals surface area contributed by atoms with Gasteiger partial charge < -0.3 is 0 Å². The molecular formula is C20H18BrN5OS. The number of hydrogen-bond acceptors (Lipinski definition) is 4. The minimum atomic E-state index is -0.0212. The number of carbonyl (C=O) groups is 1. The van der Waals surface area contributed by atoms with Gasteiger partial charge in [0.25, 0.3) is 0 Å². The molecule has 2 aromatic carbocycles. The molecule has 3 aromatic rings. The first-order valence-corrected chi connectivity index (χ1v) is 10.1. The average Bonchev–Trinajstić information content (AvgIpc) is 3.05. The van der Waals surface area contributed by atoms with Crippen LogP contribution in [0.1, 0.15) is 29.8 Å². The minimum absolute atomic E-state index is 0.0212. The van der Waals surface area contributed by atoms with Crippen molar-refractivity contribution in [2.24, 2.45) is 5.10 Å². The van der Waals surface area contributed by atoms with Crippen molar-refractivity contribution in [1.82, 2.24) is 19.8 Å². The zero-order valence-electron chi connectivity index (χ0n) is 15.2. The Hall–Kier alpha value is -2.58. The van der Waals surface area contributed by atoms with Crippen LogP contribution in [0.3, 0.4) is 0 Å². The summed E-state index contributed by atoms with van der Waals surface area (Å²) in [6.07, 6.45) is 1.06. The number of rotatable bonds is 4. The first-order valence-electron chi connectivity index (χ1n) is 8.88. The van der Waals surface area contributed by atoms with Gasteiger partial charge in [-0.2, -0.15) is 10.2 Å². The Morgan fingerprint density at radius 2 is 1.82 bits per heavy atom. The van der Waals surface area contributed by atoms with Crippen LogP contribution in [-0.4, -0.2) is 31.4 Å². The summed E-state index contributed by atoms with van der Waals surface area (Å²) in [5, 5.41) is 13.2. The molecular weight excluding hydrogens is 438 g/mol. The molecule has 4 rings (SSSR count). The van der Waals surface area contributed by atoms with Gasteiger partial charge in [-0.3, -0.25) is 14.5 Å². The summed E-state index contributed by atoms with van der Waals surface area (Å²) in [7, 11) is 0. The van der Waals surface area contributed by atoms with Crippen LogP contribution >= 0.6 is 28.1 Å². The van der Waals surface area contributed by atoms with Gasteiger partial charge in [0, 0.05) is 23.0 Å². The standard InChI is InChI=1S/C20H18BrN5OS/c1-13-2-4-14(5-3-13)17-10-11-19(27)25(24-17)12-18-22-23-20(28)26(18)16-8-6-15(21)7-9-16/h2-9H,10-12H2,1H3,(H,23,28). The smallest absolute Gasteiger partial charge is 0.243 e. The summed E-state index contributed by atoms with van der Waals surface area (Å²) in [4.78, 5) is 12.5. The number of hydrogen-bond donors (Lipinski definition) is 1. The van der Waals surface area contributed by atoms with Crippen LogP contribution in [0.15, 0.2) is 58.1 Å². The van der Waals surface area contributed by atoms with Gasteiger partial charge >= 0.3 is 0 Å². The molecule has 0 unspecified atom stereocenters. The van der Waals surface area contributed by atoms with Gasteiger partial charge in [0.2, 0.25) is 5.91 Å². The molecule has 0 fully saturated rings. The van der Waals surface area contributed by atoms with Crippen LogP contribution in [0.2, 0.25) is 0 Å². The average molecular weight is 456 g/mol. The molecule has 1 aromatic heterocycles. The van der Waals surface area contributed by atoms with Gasteiger partial charge in [0.15, 0.2) is 10.6 Å². The minimum Gasteiger partial charge on any atom is -0.273 e. The van der Waals surface area contributed by atoms with Crippen LogP contribution in [0.5, 0.6) is 0 Å². The van der Waals surface area contributed by atoms with Crippen molar-refractivity contribution in [2.75, 3.05) is 0 Å². The van der Waals surface area contributed by atoms with Gasteiger partial charge in [-0.15, -0.1) is 0 Å². The Labute approximate surface area is 176 Å². The van der Waals surface area contributed by atoms with E-state index < -0.39 is 0 Å². The highest BCUT2D eigenvalue weighted by Gasteiger charge is 2.23. The second-order valence-electron chi connectivity index (χ2n) is 6.62. The van der Waals surface area contributed by atoms with E-state index >= 15 is 0 Å². The molecule has 0 atom stereocenters. The Morgan fingerprint density at radius 1 is 1.11 bits per heavy atom. The largest absolute Gasteiger partial charge is 0.273 e. The van der Waals surface area contributed by atoms with E-state index in [1.807, 2.05) is 47.9 Å². The molecule has 0 saturated heterocycles. The highest BCUT2D eigenvalue weighted by Crippen LogP contribution is 2.20. The van der Waals surface area contributed by atoms with Gasteiger partial charge in [-0.1, -0.05) is 45.8 Å². The highest BCUT2D eigenvalue weighted by molar-refractivity contribution is 9.10. The van der Waals surface area contributed by atoms with Crippen molar-refractivity contribution >= 4 is 39.8 Å². The molecule has 8 heteroatoms. The fourth-order valence-corrected chi connectivity index (χ4v) is 3.62. The van der Waals surface area contributed by atoms with E-state index in [2.05, 4.69) is 43.4 Å². The number of aromatic nitrogens is 3. The molecule has 2 heterocycles. The van der Waals surface area contributed by atoms with E-state index in [9.17, 15) is 4.79 Å². The molecule has 1 aliphatic rings. The van der Waals surface area contributed by atoms with Crippen molar-refractivity contribution in [3.8, 4) is 5.69 Å². The number of carbonyl (C=O) groups excluding carboxylic acids is 1. The predicted molar refractivity (Wildman–Crippen MR) is 114 cm³/mol. The van der Waals surface area contributed by atoms with Crippen LogP contribution in [0, 0.1) is 11.7 Å². The van der Waals surface area contributed by atoms with Crippen LogP contribution in [0.4, 0.5) is 0 Å². The molecule has 0 spiro atoms. The number of hydrazone groups is 1. The summed E-state index contributed by atoms with van der Waals surface area (Å²) >= 11 is 8.83. The topological polar surface area (TPSA) is 66.3 Å². The normalized spacial score (nSPS) is 14.3. The van der Waals surface area contributed by atoms with Crippen molar-refractivity contribution in [3.05, 3.63) is 74.7 Å². The third-order valence-electron chi connectivity index (χ3n) is 4.61. The number of aryl methyl sites for hydroxylation is 1. The lowest BCUT2D eigenvalue weighted by Gasteiger charge is -2.23. The molecule has 0 radical (unpaired) electrons. The Bertz CT molecular complexity index is 1100. The maximum Gasteiger partial charge on any atom is 0.243 e. The van der Waals surface area contributed by atoms with Crippen molar-refractivity contribution in [1.29, 1.82) is 0 Å². The molecule has 0 aliphatic carbocycles. The quantitative estimate of drug-likeness (QED) is 0.587. The summed E-state index contributed by atoms with van der Waals surface area (Å²) in [6, 6.07) is 16.0. The number of nitrogens with one attached hydrogen (secondary N) is 1. The molecule has 0 bridgehead atoms. The van der Waals surface area contributed by atoms with E-state index in [0.29, 0.717) is 23.4 Å². The molecule has 1 aliphatic heterocycles. The first-order chi connectivity index (χ1) is 13.5. The molecule has 1 N–H and O–H groups in total. The third-order valence-corrected chi connectivity index (χ3v) is 5.41. The molecule has 1 amide bonds. The summed E-state index contributed by atoms with van der Waals surface area (Å²) < 4.78 is 3.28. The van der Waals surface area contributed by atoms with E-state index in [0.717, 1.165) is 21.4 Å². The summed E-state index contributed by atoms with van der Waals surface area (Å²) in [5.41, 5.74) is 4.01. The monoisotopic (exact) mass is 455 g/mol. The van der Waals surface area contributed by atoms with E-state index in [4.69, 9.17) is 12.2 Å². The van der Waals surface area contributed by atoms with Crippen molar-refractivity contribution < 1.29 is 4.79 Å². The summed E-state index contributed by atoms with van der Waals surface area (Å²) in [6.45, 7) is 2.30. The van der Waals surface area contributed by atoms with E-state index in [-0.39, 0.29) is 12.5 Å². The lowest BCUT2D eigenvalue weighted by atomic mass is 10.0. The molecule has 28 heavy (non-hydrogen) atoms. The zero-order valence-corrected chi connectivity index (χ0v) is 17.6. The second kappa shape index (κ2) is 7.81. The fourth-order valence-electron chi connectivity index (χ4n) is 3.10. The van der Waals surface area contributed by atoms with Crippen molar-refractivity contribution in [2.45, 2.75) is 26.3 Å². The number of nitrogens with zero attached hydrogens (tertiary/aromatic N) is 4. The van der Waals surface area contributed by atoms with Crippen LogP contribution in [-0.2, 0) is 11.3 Å². The van der Waals surface area contributed by atoms with Gasteiger partial charge in [-0.05, 0) is 49.0 Å². The number of amides is 1. The lowest BCUT2D eigenvalue weighted by molar-refractivity contribution is -0.132. The number of halogens is 1. The number of H-pyrrole nitrogens is 1. The molecule has 142 valence electrons. The Morgan fingerprint density at radius 3 is 2.54 bits per heavy atom. The SMILES string of the molecule is Cc1ccc(C2=NN(Cc3n[nH]c(=S)n3-c3ccc(Br)cc3)C(=O)CC2)cc1. The van der Waals surface area contributed by atoms with Crippen molar-refractivity contribution in [3.63, 3.8) is 0 Å². The van der Waals surface area contributed by atoms with Gasteiger partial charge in [-0.25, -0.2) is 5.01 Å². The van der Waals surface area contributed by atoms with E-state index in [1.54, 1.807) is 0 Å². The Balaban J connectivity index is 1.66. The maximum atomic E-state index is 12.5. The lowest BCUT2D eigenvalue weighted by Crippen LogP contribution is -2.32. The summed E-state index contributed by atoms with van der Waals surface area (Å²) in [5.74, 6) is 0.613. The zero-order chi connectivity index (χ0) is 19.7. The fraction of sp³-hybridized carbons (Fsp3) is 0.200. The van der Waals surface area contributed by atoms with Crippen LogP contribution in [0.25, 0.3) is 5.69 Å². The maximum absolute atomic E-state index is 12.5. The molecule has 6 nitrogen and oxygen atoms in total. The molecule has 0 saturated carbocycles. The van der Waals surface area contributed by atoms with Gasteiger partial charge in [0.1, 0.15) is 6.54 Å². The number of aromatic amines is 1. The second-order valence-corrected chi connectivity index (χ2v) is 7.92. The van der Waals surface area contributed by atoms with Crippen LogP contribution < -0.4 is 0 Å². The first kappa shape index (κ1) is 18.8. The Kier molecular flexibility index (Phi) is 5.23.